The normalized spacial score (nSPS) is 10.6. The molecule has 1 aromatic carbocycles. The second-order valence-corrected chi connectivity index (χ2v) is 6.10. The minimum Gasteiger partial charge on any atom is -0.493 e. The number of amides is 1. The van der Waals surface area contributed by atoms with Gasteiger partial charge in [0, 0.05) is 17.5 Å². The molecule has 6 nitrogen and oxygen atoms in total. The number of nitrogens with one attached hydrogen (secondary N) is 1. The Bertz CT molecular complexity index is 932. The highest BCUT2D eigenvalue weighted by atomic mass is 16.5. The van der Waals surface area contributed by atoms with Crippen LogP contribution in [0.4, 0.5) is 5.69 Å². The molecule has 0 aliphatic carbocycles. The summed E-state index contributed by atoms with van der Waals surface area (Å²) in [4.78, 5) is 16.8. The summed E-state index contributed by atoms with van der Waals surface area (Å²) in [6.07, 6.45) is 1.90. The molecule has 0 fully saturated rings. The molecule has 0 unspecified atom stereocenters. The molecule has 0 radical (unpaired) electrons. The van der Waals surface area contributed by atoms with Gasteiger partial charge < -0.3 is 10.1 Å². The summed E-state index contributed by atoms with van der Waals surface area (Å²) in [5.41, 5.74) is 5.06. The van der Waals surface area contributed by atoms with Gasteiger partial charge in [-0.05, 0) is 39.0 Å². The number of aryl methyl sites for hydroxylation is 2. The van der Waals surface area contributed by atoms with Gasteiger partial charge in [-0.15, -0.1) is 0 Å². The Morgan fingerprint density at radius 3 is 2.54 bits per heavy atom. The fraction of sp³-hybridized carbons (Fsp3) is 0.250. The Morgan fingerprint density at radius 2 is 1.85 bits per heavy atom. The molecule has 0 aliphatic heterocycles. The highest BCUT2D eigenvalue weighted by Gasteiger charge is 2.17. The van der Waals surface area contributed by atoms with Crippen LogP contribution in [-0.4, -0.2) is 27.8 Å². The SMILES string of the molecule is COc1c(NC(=O)Cc2c(C)nn(-c3ccccc3)c2C)ccnc1C. The highest BCUT2D eigenvalue weighted by Crippen LogP contribution is 2.26. The Hall–Kier alpha value is -3.15. The lowest BCUT2D eigenvalue weighted by molar-refractivity contribution is -0.115. The fourth-order valence-corrected chi connectivity index (χ4v) is 3.02. The highest BCUT2D eigenvalue weighted by molar-refractivity contribution is 5.94. The van der Waals surface area contributed by atoms with Crippen molar-refractivity contribution in [1.82, 2.24) is 14.8 Å². The van der Waals surface area contributed by atoms with Gasteiger partial charge in [-0.25, -0.2) is 4.68 Å². The van der Waals surface area contributed by atoms with Gasteiger partial charge in [0.2, 0.25) is 5.91 Å². The Labute approximate surface area is 152 Å². The quantitative estimate of drug-likeness (QED) is 0.766. The summed E-state index contributed by atoms with van der Waals surface area (Å²) in [7, 11) is 1.57. The lowest BCUT2D eigenvalue weighted by atomic mass is 10.1. The van der Waals surface area contributed by atoms with E-state index < -0.39 is 0 Å². The van der Waals surface area contributed by atoms with E-state index in [0.717, 1.165) is 28.3 Å². The first-order chi connectivity index (χ1) is 12.5. The van der Waals surface area contributed by atoms with Crippen molar-refractivity contribution >= 4 is 11.6 Å². The average Bonchev–Trinajstić information content (AvgIpc) is 2.91. The van der Waals surface area contributed by atoms with Gasteiger partial charge in [0.1, 0.15) is 0 Å². The maximum Gasteiger partial charge on any atom is 0.229 e. The first kappa shape index (κ1) is 17.7. The van der Waals surface area contributed by atoms with Gasteiger partial charge in [-0.1, -0.05) is 18.2 Å². The molecular formula is C20H22N4O2. The van der Waals surface area contributed by atoms with Crippen molar-refractivity contribution in [3.05, 3.63) is 65.2 Å². The largest absolute Gasteiger partial charge is 0.493 e. The van der Waals surface area contributed by atoms with E-state index in [0.29, 0.717) is 11.4 Å². The molecule has 0 spiro atoms. The van der Waals surface area contributed by atoms with Crippen molar-refractivity contribution in [3.63, 3.8) is 0 Å². The smallest absolute Gasteiger partial charge is 0.229 e. The number of carbonyl (C=O) groups is 1. The van der Waals surface area contributed by atoms with Crippen LogP contribution in [0.3, 0.4) is 0 Å². The maximum atomic E-state index is 12.6. The molecule has 0 bridgehead atoms. The molecule has 3 rings (SSSR count). The third-order valence-electron chi connectivity index (χ3n) is 4.34. The van der Waals surface area contributed by atoms with Gasteiger partial charge in [-0.3, -0.25) is 9.78 Å². The molecule has 2 aromatic heterocycles. The van der Waals surface area contributed by atoms with E-state index in [1.165, 1.54) is 0 Å². The van der Waals surface area contributed by atoms with E-state index >= 15 is 0 Å². The van der Waals surface area contributed by atoms with E-state index in [2.05, 4.69) is 15.4 Å². The Kier molecular flexibility index (Phi) is 5.02. The van der Waals surface area contributed by atoms with Crippen molar-refractivity contribution in [1.29, 1.82) is 0 Å². The average molecular weight is 350 g/mol. The zero-order chi connectivity index (χ0) is 18.7. The molecule has 0 aliphatic rings. The van der Waals surface area contributed by atoms with E-state index in [1.54, 1.807) is 19.4 Å². The van der Waals surface area contributed by atoms with Crippen molar-refractivity contribution in [2.24, 2.45) is 0 Å². The summed E-state index contributed by atoms with van der Waals surface area (Å²) >= 11 is 0. The van der Waals surface area contributed by atoms with Gasteiger partial charge in [-0.2, -0.15) is 5.10 Å². The lowest BCUT2D eigenvalue weighted by Gasteiger charge is -2.12. The first-order valence-corrected chi connectivity index (χ1v) is 8.41. The number of hydrogen-bond donors (Lipinski definition) is 1. The monoisotopic (exact) mass is 350 g/mol. The van der Waals surface area contributed by atoms with Crippen LogP contribution in [-0.2, 0) is 11.2 Å². The number of hydrogen-bond acceptors (Lipinski definition) is 4. The van der Waals surface area contributed by atoms with Gasteiger partial charge >= 0.3 is 0 Å². The summed E-state index contributed by atoms with van der Waals surface area (Å²) in [5, 5.41) is 7.50. The predicted molar refractivity (Wildman–Crippen MR) is 101 cm³/mol. The molecule has 2 heterocycles. The van der Waals surface area contributed by atoms with E-state index in [-0.39, 0.29) is 12.3 Å². The molecule has 0 saturated heterocycles. The lowest BCUT2D eigenvalue weighted by Crippen LogP contribution is -2.16. The van der Waals surface area contributed by atoms with E-state index in [4.69, 9.17) is 4.74 Å². The third-order valence-corrected chi connectivity index (χ3v) is 4.34. The fourth-order valence-electron chi connectivity index (χ4n) is 3.02. The van der Waals surface area contributed by atoms with Crippen LogP contribution < -0.4 is 10.1 Å². The molecule has 0 saturated carbocycles. The molecule has 0 atom stereocenters. The number of nitrogens with zero attached hydrogens (tertiary/aromatic N) is 3. The minimum atomic E-state index is -0.118. The topological polar surface area (TPSA) is 69.0 Å². The molecule has 3 aromatic rings. The van der Waals surface area contributed by atoms with Gasteiger partial charge in [0.15, 0.2) is 5.75 Å². The number of rotatable bonds is 5. The van der Waals surface area contributed by atoms with Crippen molar-refractivity contribution in [2.45, 2.75) is 27.2 Å². The minimum absolute atomic E-state index is 0.118. The number of pyridine rings is 1. The maximum absolute atomic E-state index is 12.6. The second kappa shape index (κ2) is 7.39. The van der Waals surface area contributed by atoms with Crippen LogP contribution in [0, 0.1) is 20.8 Å². The third kappa shape index (κ3) is 3.44. The van der Waals surface area contributed by atoms with Crippen LogP contribution in [0.15, 0.2) is 42.6 Å². The first-order valence-electron chi connectivity index (χ1n) is 8.41. The number of aromatic nitrogens is 3. The summed E-state index contributed by atoms with van der Waals surface area (Å²) in [5.74, 6) is 0.460. The van der Waals surface area contributed by atoms with Crippen LogP contribution >= 0.6 is 0 Å². The number of ether oxygens (including phenoxy) is 1. The van der Waals surface area contributed by atoms with Crippen LogP contribution in [0.1, 0.15) is 22.6 Å². The molecule has 1 N–H and O–H groups in total. The number of carbonyl (C=O) groups excluding carboxylic acids is 1. The summed E-state index contributed by atoms with van der Waals surface area (Å²) in [6, 6.07) is 11.6. The predicted octanol–water partition coefficient (Wildman–Crippen LogP) is 3.38. The molecule has 6 heteroatoms. The van der Waals surface area contributed by atoms with Crippen LogP contribution in [0.5, 0.6) is 5.75 Å². The number of para-hydroxylation sites is 1. The molecular weight excluding hydrogens is 328 g/mol. The summed E-state index contributed by atoms with van der Waals surface area (Å²) in [6.45, 7) is 5.74. The number of benzene rings is 1. The standard InChI is InChI=1S/C20H22N4O2/c1-13-17(15(3)24(23-13)16-8-6-5-7-9-16)12-19(25)22-18-10-11-21-14(2)20(18)26-4/h5-11H,12H2,1-4H3,(H,21,22,25). The van der Waals surface area contributed by atoms with Gasteiger partial charge in [0.05, 0.1) is 36.3 Å². The Balaban J connectivity index is 1.83. The van der Waals surface area contributed by atoms with E-state index in [9.17, 15) is 4.79 Å². The Morgan fingerprint density at radius 1 is 1.12 bits per heavy atom. The molecule has 26 heavy (non-hydrogen) atoms. The zero-order valence-electron chi connectivity index (χ0n) is 15.4. The molecule has 1 amide bonds. The molecule has 134 valence electrons. The summed E-state index contributed by atoms with van der Waals surface area (Å²) < 4.78 is 7.21. The zero-order valence-corrected chi connectivity index (χ0v) is 15.4. The van der Waals surface area contributed by atoms with E-state index in [1.807, 2.05) is 55.8 Å². The second-order valence-electron chi connectivity index (χ2n) is 6.10. The number of anilines is 1. The van der Waals surface area contributed by atoms with Crippen molar-refractivity contribution in [2.75, 3.05) is 12.4 Å². The van der Waals surface area contributed by atoms with Crippen LogP contribution in [0.25, 0.3) is 5.69 Å². The van der Waals surface area contributed by atoms with Crippen molar-refractivity contribution in [3.8, 4) is 11.4 Å². The van der Waals surface area contributed by atoms with Crippen LogP contribution in [0.2, 0.25) is 0 Å². The number of methoxy groups -OCH3 is 1. The van der Waals surface area contributed by atoms with Crippen molar-refractivity contribution < 1.29 is 9.53 Å². The van der Waals surface area contributed by atoms with Gasteiger partial charge in [0.25, 0.3) is 0 Å².